The third-order valence-electron chi connectivity index (χ3n) is 4.04. The SMILES string of the molecule is CN(C)C1(CNc2nccc(C(=O)O)c2N)CCC1. The topological polar surface area (TPSA) is 91.5 Å². The number of anilines is 2. The summed E-state index contributed by atoms with van der Waals surface area (Å²) in [6.07, 6.45) is 4.94. The highest BCUT2D eigenvalue weighted by Gasteiger charge is 2.38. The van der Waals surface area contributed by atoms with Crippen LogP contribution in [0.4, 0.5) is 11.5 Å². The Bertz CT molecular complexity index is 484. The van der Waals surface area contributed by atoms with Gasteiger partial charge in [0.25, 0.3) is 0 Å². The average molecular weight is 264 g/mol. The van der Waals surface area contributed by atoms with Crippen LogP contribution in [0.15, 0.2) is 12.3 Å². The summed E-state index contributed by atoms with van der Waals surface area (Å²) in [5, 5.41) is 12.2. The van der Waals surface area contributed by atoms with Crippen LogP contribution in [-0.4, -0.2) is 47.1 Å². The van der Waals surface area contributed by atoms with E-state index in [0.717, 1.165) is 19.4 Å². The van der Waals surface area contributed by atoms with E-state index in [0.29, 0.717) is 5.82 Å². The second-order valence-electron chi connectivity index (χ2n) is 5.25. The molecule has 6 heteroatoms. The van der Waals surface area contributed by atoms with E-state index in [1.54, 1.807) is 0 Å². The first kappa shape index (κ1) is 13.6. The predicted molar refractivity (Wildman–Crippen MR) is 74.4 cm³/mol. The van der Waals surface area contributed by atoms with E-state index in [1.807, 2.05) is 0 Å². The van der Waals surface area contributed by atoms with Gasteiger partial charge in [0, 0.05) is 18.3 Å². The molecule has 1 fully saturated rings. The summed E-state index contributed by atoms with van der Waals surface area (Å²) >= 11 is 0. The number of carbonyl (C=O) groups is 1. The highest BCUT2D eigenvalue weighted by molar-refractivity contribution is 5.96. The van der Waals surface area contributed by atoms with Gasteiger partial charge in [-0.15, -0.1) is 0 Å². The number of aromatic carboxylic acids is 1. The van der Waals surface area contributed by atoms with Gasteiger partial charge in [-0.1, -0.05) is 0 Å². The molecule has 1 saturated carbocycles. The van der Waals surface area contributed by atoms with Gasteiger partial charge in [0.15, 0.2) is 0 Å². The molecule has 104 valence electrons. The summed E-state index contributed by atoms with van der Waals surface area (Å²) in [5.74, 6) is -0.582. The van der Waals surface area contributed by atoms with Crippen molar-refractivity contribution in [1.82, 2.24) is 9.88 Å². The Morgan fingerprint density at radius 2 is 2.26 bits per heavy atom. The monoisotopic (exact) mass is 264 g/mol. The maximum absolute atomic E-state index is 11.0. The lowest BCUT2D eigenvalue weighted by atomic mass is 9.75. The summed E-state index contributed by atoms with van der Waals surface area (Å²) in [6.45, 7) is 0.722. The number of nitrogen functional groups attached to an aromatic ring is 1. The Labute approximate surface area is 112 Å². The van der Waals surface area contributed by atoms with Crippen molar-refractivity contribution in [3.05, 3.63) is 17.8 Å². The van der Waals surface area contributed by atoms with Crippen LogP contribution in [0, 0.1) is 0 Å². The first-order chi connectivity index (χ1) is 8.96. The number of carboxylic acids is 1. The predicted octanol–water partition coefficient (Wildman–Crippen LogP) is 1.26. The number of likely N-dealkylation sites (N-methyl/N-ethyl adjacent to an activating group) is 1. The Morgan fingerprint density at radius 3 is 2.74 bits per heavy atom. The molecule has 0 aromatic carbocycles. The standard InChI is InChI=1S/C13H20N4O2/c1-17(2)13(5-3-6-13)8-16-11-10(14)9(12(18)19)4-7-15-11/h4,7H,3,5-6,8,14H2,1-2H3,(H,15,16)(H,18,19). The van der Waals surface area contributed by atoms with Crippen molar-refractivity contribution in [3.8, 4) is 0 Å². The molecular formula is C13H20N4O2. The quantitative estimate of drug-likeness (QED) is 0.741. The molecule has 2 rings (SSSR count). The number of carboxylic acid groups (broad SMARTS) is 1. The first-order valence-electron chi connectivity index (χ1n) is 6.35. The number of nitrogens with one attached hydrogen (secondary N) is 1. The van der Waals surface area contributed by atoms with Gasteiger partial charge in [0.1, 0.15) is 5.82 Å². The lowest BCUT2D eigenvalue weighted by Gasteiger charge is -2.47. The molecular weight excluding hydrogens is 244 g/mol. The van der Waals surface area contributed by atoms with Crippen LogP contribution in [0.1, 0.15) is 29.6 Å². The molecule has 1 aliphatic rings. The number of nitrogens with zero attached hydrogens (tertiary/aromatic N) is 2. The van der Waals surface area contributed by atoms with Gasteiger partial charge < -0.3 is 21.1 Å². The lowest BCUT2D eigenvalue weighted by Crippen LogP contribution is -2.54. The molecule has 0 radical (unpaired) electrons. The second kappa shape index (κ2) is 5.05. The highest BCUT2D eigenvalue weighted by Crippen LogP contribution is 2.36. The fourth-order valence-electron chi connectivity index (χ4n) is 2.42. The van der Waals surface area contributed by atoms with Gasteiger partial charge in [0.05, 0.1) is 11.3 Å². The molecule has 0 bridgehead atoms. The van der Waals surface area contributed by atoms with Gasteiger partial charge in [-0.3, -0.25) is 0 Å². The first-order valence-corrected chi connectivity index (χ1v) is 6.35. The molecule has 1 aliphatic carbocycles. The van der Waals surface area contributed by atoms with E-state index in [2.05, 4.69) is 29.3 Å². The lowest BCUT2D eigenvalue weighted by molar-refractivity contribution is 0.0698. The molecule has 0 aliphatic heterocycles. The van der Waals surface area contributed by atoms with Crippen molar-refractivity contribution in [2.75, 3.05) is 31.7 Å². The average Bonchev–Trinajstić information content (AvgIpc) is 2.28. The fourth-order valence-corrected chi connectivity index (χ4v) is 2.42. The minimum atomic E-state index is -1.03. The van der Waals surface area contributed by atoms with Crippen LogP contribution in [-0.2, 0) is 0 Å². The Morgan fingerprint density at radius 1 is 1.58 bits per heavy atom. The van der Waals surface area contributed by atoms with Crippen LogP contribution < -0.4 is 11.1 Å². The molecule has 1 aromatic heterocycles. The summed E-state index contributed by atoms with van der Waals surface area (Å²) in [5.41, 5.74) is 6.25. The van der Waals surface area contributed by atoms with Crippen LogP contribution >= 0.6 is 0 Å². The van der Waals surface area contributed by atoms with E-state index in [-0.39, 0.29) is 16.8 Å². The molecule has 1 aromatic rings. The van der Waals surface area contributed by atoms with E-state index in [1.165, 1.54) is 18.7 Å². The van der Waals surface area contributed by atoms with Gasteiger partial charge >= 0.3 is 5.97 Å². The van der Waals surface area contributed by atoms with Crippen LogP contribution in [0.25, 0.3) is 0 Å². The van der Waals surface area contributed by atoms with Gasteiger partial charge in [-0.05, 0) is 39.4 Å². The number of rotatable bonds is 5. The molecule has 0 spiro atoms. The zero-order valence-electron chi connectivity index (χ0n) is 11.3. The maximum atomic E-state index is 11.0. The number of pyridine rings is 1. The number of nitrogens with two attached hydrogens (primary N) is 1. The summed E-state index contributed by atoms with van der Waals surface area (Å²) in [6, 6.07) is 1.41. The van der Waals surface area contributed by atoms with Crippen molar-refractivity contribution in [2.45, 2.75) is 24.8 Å². The molecule has 1 heterocycles. The Balaban J connectivity index is 2.12. The minimum Gasteiger partial charge on any atom is -0.478 e. The van der Waals surface area contributed by atoms with Crippen molar-refractivity contribution in [3.63, 3.8) is 0 Å². The molecule has 0 unspecified atom stereocenters. The smallest absolute Gasteiger partial charge is 0.337 e. The zero-order valence-corrected chi connectivity index (χ0v) is 11.3. The third kappa shape index (κ3) is 2.49. The maximum Gasteiger partial charge on any atom is 0.337 e. The van der Waals surface area contributed by atoms with Crippen molar-refractivity contribution in [1.29, 1.82) is 0 Å². The minimum absolute atomic E-state index is 0.0880. The molecule has 0 amide bonds. The van der Waals surface area contributed by atoms with Crippen LogP contribution in [0.2, 0.25) is 0 Å². The Kier molecular flexibility index (Phi) is 3.61. The molecule has 4 N–H and O–H groups in total. The van der Waals surface area contributed by atoms with Crippen molar-refractivity contribution < 1.29 is 9.90 Å². The molecule has 0 atom stereocenters. The van der Waals surface area contributed by atoms with Gasteiger partial charge in [-0.25, -0.2) is 9.78 Å². The second-order valence-corrected chi connectivity index (χ2v) is 5.25. The number of aromatic nitrogens is 1. The zero-order chi connectivity index (χ0) is 14.0. The summed E-state index contributed by atoms with van der Waals surface area (Å²) in [7, 11) is 4.12. The Hall–Kier alpha value is -1.82. The van der Waals surface area contributed by atoms with Crippen LogP contribution in [0.5, 0.6) is 0 Å². The van der Waals surface area contributed by atoms with E-state index >= 15 is 0 Å². The normalized spacial score (nSPS) is 17.0. The van der Waals surface area contributed by atoms with E-state index in [9.17, 15) is 4.79 Å². The van der Waals surface area contributed by atoms with Crippen molar-refractivity contribution in [2.24, 2.45) is 0 Å². The number of hydrogen-bond donors (Lipinski definition) is 3. The summed E-state index contributed by atoms with van der Waals surface area (Å²) in [4.78, 5) is 17.3. The molecule has 6 nitrogen and oxygen atoms in total. The molecule has 0 saturated heterocycles. The largest absolute Gasteiger partial charge is 0.478 e. The van der Waals surface area contributed by atoms with E-state index < -0.39 is 5.97 Å². The van der Waals surface area contributed by atoms with Gasteiger partial charge in [0.2, 0.25) is 0 Å². The fraction of sp³-hybridized carbons (Fsp3) is 0.538. The third-order valence-corrected chi connectivity index (χ3v) is 4.04. The highest BCUT2D eigenvalue weighted by atomic mass is 16.4. The van der Waals surface area contributed by atoms with Crippen molar-refractivity contribution >= 4 is 17.5 Å². The van der Waals surface area contributed by atoms with E-state index in [4.69, 9.17) is 10.8 Å². The van der Waals surface area contributed by atoms with Crippen LogP contribution in [0.3, 0.4) is 0 Å². The van der Waals surface area contributed by atoms with Gasteiger partial charge in [-0.2, -0.15) is 0 Å². The number of hydrogen-bond acceptors (Lipinski definition) is 5. The summed E-state index contributed by atoms with van der Waals surface area (Å²) < 4.78 is 0. The molecule has 19 heavy (non-hydrogen) atoms.